The summed E-state index contributed by atoms with van der Waals surface area (Å²) < 4.78 is 39.2. The van der Waals surface area contributed by atoms with E-state index in [1.165, 1.54) is 23.6 Å². The van der Waals surface area contributed by atoms with Crippen LogP contribution in [0.5, 0.6) is 0 Å². The van der Waals surface area contributed by atoms with Crippen molar-refractivity contribution in [3.8, 4) is 0 Å². The van der Waals surface area contributed by atoms with Gasteiger partial charge in [-0.3, -0.25) is 0 Å². The van der Waals surface area contributed by atoms with Crippen molar-refractivity contribution in [1.82, 2.24) is 5.32 Å². The summed E-state index contributed by atoms with van der Waals surface area (Å²) in [7, 11) is 0. The molecule has 0 saturated carbocycles. The molecule has 0 spiro atoms. The summed E-state index contributed by atoms with van der Waals surface area (Å²) in [6.07, 6.45) is 4.64. The van der Waals surface area contributed by atoms with Crippen LogP contribution in [0.3, 0.4) is 0 Å². The minimum atomic E-state index is -4.31. The molecule has 156 valence electrons. The Kier molecular flexibility index (Phi) is 10.9. The Morgan fingerprint density at radius 1 is 1.11 bits per heavy atom. The summed E-state index contributed by atoms with van der Waals surface area (Å²) in [6.45, 7) is 10.4. The van der Waals surface area contributed by atoms with E-state index in [9.17, 15) is 13.2 Å². The zero-order valence-corrected chi connectivity index (χ0v) is 17.5. The van der Waals surface area contributed by atoms with Crippen LogP contribution in [-0.2, 0) is 6.42 Å². The highest BCUT2D eigenvalue weighted by molar-refractivity contribution is 5.37. The molecule has 0 unspecified atom stereocenters. The largest absolute Gasteiger partial charge is 0.412 e. The number of allylic oxidation sites excluding steroid dienone is 3. The number of hydrogen-bond acceptors (Lipinski definition) is 1. The van der Waals surface area contributed by atoms with Crippen molar-refractivity contribution >= 4 is 0 Å². The smallest absolute Gasteiger partial charge is 0.313 e. The maximum Gasteiger partial charge on any atom is 0.412 e. The van der Waals surface area contributed by atoms with E-state index in [0.717, 1.165) is 44.7 Å². The Hall–Kier alpha value is -1.81. The lowest BCUT2D eigenvalue weighted by Gasteiger charge is -2.14. The first-order valence-corrected chi connectivity index (χ1v) is 10.1. The molecule has 0 atom stereocenters. The Balaban J connectivity index is 2.93. The second-order valence-corrected chi connectivity index (χ2v) is 7.24. The van der Waals surface area contributed by atoms with E-state index in [2.05, 4.69) is 37.9 Å². The van der Waals surface area contributed by atoms with E-state index < -0.39 is 11.7 Å². The van der Waals surface area contributed by atoms with Crippen LogP contribution in [0.25, 0.3) is 0 Å². The molecule has 0 radical (unpaired) electrons. The van der Waals surface area contributed by atoms with E-state index >= 15 is 0 Å². The lowest BCUT2D eigenvalue weighted by molar-refractivity contribution is -0.0913. The minimum absolute atomic E-state index is 0.425. The molecule has 1 nitrogen and oxygen atoms in total. The lowest BCUT2D eigenvalue weighted by Crippen LogP contribution is -2.20. The zero-order chi connectivity index (χ0) is 21.0. The summed E-state index contributed by atoms with van der Waals surface area (Å²) in [4.78, 5) is 0. The van der Waals surface area contributed by atoms with Gasteiger partial charge >= 0.3 is 6.18 Å². The molecule has 1 N–H and O–H groups in total. The highest BCUT2D eigenvalue weighted by atomic mass is 19.4. The van der Waals surface area contributed by atoms with Gasteiger partial charge in [0.15, 0.2) is 0 Å². The normalized spacial score (nSPS) is 13.4. The molecule has 0 aromatic heterocycles. The molecular formula is C24H34F3N. The number of benzene rings is 1. The Morgan fingerprint density at radius 2 is 1.82 bits per heavy atom. The van der Waals surface area contributed by atoms with E-state index in [0.29, 0.717) is 18.5 Å². The predicted molar refractivity (Wildman–Crippen MR) is 114 cm³/mol. The number of nitrogens with one attached hydrogen (secondary N) is 1. The van der Waals surface area contributed by atoms with Crippen molar-refractivity contribution in [2.45, 2.75) is 65.5 Å². The third-order valence-corrected chi connectivity index (χ3v) is 4.94. The van der Waals surface area contributed by atoms with Crippen LogP contribution in [0.4, 0.5) is 13.2 Å². The highest BCUT2D eigenvalue weighted by Crippen LogP contribution is 2.27. The Morgan fingerprint density at radius 3 is 2.43 bits per heavy atom. The van der Waals surface area contributed by atoms with Crippen LogP contribution in [-0.4, -0.2) is 19.3 Å². The van der Waals surface area contributed by atoms with E-state index in [1.54, 1.807) is 6.08 Å². The molecule has 0 aliphatic carbocycles. The molecule has 1 aromatic carbocycles. The van der Waals surface area contributed by atoms with Crippen LogP contribution in [0.2, 0.25) is 0 Å². The summed E-state index contributed by atoms with van der Waals surface area (Å²) in [6, 6.07) is 8.11. The minimum Gasteiger partial charge on any atom is -0.313 e. The quantitative estimate of drug-likeness (QED) is 0.295. The van der Waals surface area contributed by atoms with Crippen molar-refractivity contribution in [3.05, 3.63) is 70.8 Å². The van der Waals surface area contributed by atoms with Gasteiger partial charge in [-0.05, 0) is 68.0 Å². The number of aryl methyl sites for hydroxylation is 2. The first-order chi connectivity index (χ1) is 13.3. The van der Waals surface area contributed by atoms with Gasteiger partial charge < -0.3 is 5.32 Å². The van der Waals surface area contributed by atoms with Crippen molar-refractivity contribution in [2.75, 3.05) is 13.1 Å². The maximum absolute atomic E-state index is 13.1. The average molecular weight is 394 g/mol. The number of hydrogen-bond donors (Lipinski definition) is 1. The van der Waals surface area contributed by atoms with Crippen molar-refractivity contribution in [1.29, 1.82) is 0 Å². The molecule has 0 heterocycles. The average Bonchev–Trinajstić information content (AvgIpc) is 2.65. The molecule has 0 amide bonds. The molecular weight excluding hydrogens is 359 g/mol. The van der Waals surface area contributed by atoms with E-state index in [-0.39, 0.29) is 0 Å². The van der Waals surface area contributed by atoms with Crippen LogP contribution in [0.15, 0.2) is 59.7 Å². The fraction of sp³-hybridized carbons (Fsp3) is 0.500. The van der Waals surface area contributed by atoms with Crippen LogP contribution in [0.1, 0.15) is 57.1 Å². The van der Waals surface area contributed by atoms with Gasteiger partial charge in [0.25, 0.3) is 0 Å². The molecule has 1 aromatic rings. The third kappa shape index (κ3) is 8.92. The second-order valence-electron chi connectivity index (χ2n) is 7.24. The summed E-state index contributed by atoms with van der Waals surface area (Å²) >= 11 is 0. The molecule has 4 heteroatoms. The van der Waals surface area contributed by atoms with Gasteiger partial charge in [0.05, 0.1) is 0 Å². The fourth-order valence-corrected chi connectivity index (χ4v) is 3.05. The Labute approximate surface area is 168 Å². The molecule has 0 saturated heterocycles. The van der Waals surface area contributed by atoms with Crippen molar-refractivity contribution in [3.63, 3.8) is 0 Å². The van der Waals surface area contributed by atoms with Gasteiger partial charge in [-0.2, -0.15) is 13.2 Å². The van der Waals surface area contributed by atoms with Gasteiger partial charge in [-0.15, -0.1) is 0 Å². The number of alkyl halides is 3. The number of unbranched alkanes of at least 4 members (excludes halogenated alkanes) is 3. The van der Waals surface area contributed by atoms with Gasteiger partial charge in [-0.25, -0.2) is 0 Å². The fourth-order valence-electron chi connectivity index (χ4n) is 3.05. The van der Waals surface area contributed by atoms with Gasteiger partial charge in [-0.1, -0.05) is 63.1 Å². The maximum atomic E-state index is 13.1. The topological polar surface area (TPSA) is 12.0 Å². The third-order valence-electron chi connectivity index (χ3n) is 4.94. The summed E-state index contributed by atoms with van der Waals surface area (Å²) in [5.41, 5.74) is 3.38. The van der Waals surface area contributed by atoms with E-state index in [4.69, 9.17) is 0 Å². The molecule has 1 rings (SSSR count). The Bertz CT molecular complexity index is 669. The van der Waals surface area contributed by atoms with Crippen LogP contribution in [0, 0.1) is 6.92 Å². The zero-order valence-electron chi connectivity index (χ0n) is 17.5. The molecule has 0 bridgehead atoms. The van der Waals surface area contributed by atoms with E-state index in [1.807, 2.05) is 12.1 Å². The lowest BCUT2D eigenvalue weighted by atomic mass is 9.96. The molecule has 0 fully saturated rings. The van der Waals surface area contributed by atoms with Gasteiger partial charge in [0.1, 0.15) is 0 Å². The standard InChI is InChI=1S/C24H34F3N/c1-5-7-8-11-16-28-18-23(17-20(4)24(25,26)27)21(6-2)14-15-22-13-10-9-12-19(22)3/h6,9-10,12-13,17,28H,2,5,7-8,11,14-16,18H2,1,3-4H3/b20-17+,23-21-. The molecule has 0 aliphatic rings. The SMILES string of the molecule is C=C/C(CCc1ccccc1C)=C(\C=C(/C)C(F)(F)F)CNCCCCCC. The van der Waals surface area contributed by atoms with Crippen molar-refractivity contribution in [2.24, 2.45) is 0 Å². The molecule has 0 aliphatic heterocycles. The van der Waals surface area contributed by atoms with Gasteiger partial charge in [0, 0.05) is 12.1 Å². The van der Waals surface area contributed by atoms with Gasteiger partial charge in [0.2, 0.25) is 0 Å². The molecule has 28 heavy (non-hydrogen) atoms. The monoisotopic (exact) mass is 393 g/mol. The number of rotatable bonds is 12. The first kappa shape index (κ1) is 24.2. The van der Waals surface area contributed by atoms with Crippen molar-refractivity contribution < 1.29 is 13.2 Å². The van der Waals surface area contributed by atoms with Crippen LogP contribution < -0.4 is 5.32 Å². The summed E-state index contributed by atoms with van der Waals surface area (Å²) in [5, 5.41) is 3.31. The second kappa shape index (κ2) is 12.6. The predicted octanol–water partition coefficient (Wildman–Crippen LogP) is 7.09. The van der Waals surface area contributed by atoms with Crippen LogP contribution >= 0.6 is 0 Å². The first-order valence-electron chi connectivity index (χ1n) is 10.1. The highest BCUT2D eigenvalue weighted by Gasteiger charge is 2.30. The number of halogens is 3. The summed E-state index contributed by atoms with van der Waals surface area (Å²) in [5.74, 6) is 0.